The zero-order valence-electron chi connectivity index (χ0n) is 12.0. The molecule has 9 heteroatoms. The standard InChI is InChI=1S/C14H14N6O3/c15-12-11-13(18-6-17-12)20(7-3-9(22)4-7)19-14(11)23-10-5-8(21)1-2-16-10/h1-2,5-7,9,22H,3-4H2,(H,16,21)(H2,15,17,18). The number of nitrogens with zero attached hydrogens (tertiary/aromatic N) is 4. The van der Waals surface area contributed by atoms with Gasteiger partial charge in [0.2, 0.25) is 5.88 Å². The van der Waals surface area contributed by atoms with E-state index in [2.05, 4.69) is 20.1 Å². The molecule has 3 aromatic heterocycles. The normalized spacial score (nSPS) is 20.4. The van der Waals surface area contributed by atoms with Crippen LogP contribution in [0, 0.1) is 0 Å². The van der Waals surface area contributed by atoms with Crippen LogP contribution in [0.15, 0.2) is 29.5 Å². The molecule has 1 aliphatic carbocycles. The van der Waals surface area contributed by atoms with Gasteiger partial charge in [0.15, 0.2) is 11.1 Å². The number of anilines is 1. The van der Waals surface area contributed by atoms with Crippen LogP contribution in [0.3, 0.4) is 0 Å². The molecule has 0 spiro atoms. The predicted octanol–water partition coefficient (Wildman–Crippen LogP) is 0.585. The fourth-order valence-electron chi connectivity index (χ4n) is 2.64. The molecule has 0 bridgehead atoms. The van der Waals surface area contributed by atoms with Crippen LogP contribution in [0.4, 0.5) is 5.82 Å². The number of rotatable bonds is 3. The first-order valence-corrected chi connectivity index (χ1v) is 7.15. The molecule has 4 rings (SSSR count). The molecule has 0 aliphatic heterocycles. The Balaban J connectivity index is 1.81. The van der Waals surface area contributed by atoms with Gasteiger partial charge in [0.1, 0.15) is 17.5 Å². The van der Waals surface area contributed by atoms with E-state index in [0.717, 1.165) is 0 Å². The quantitative estimate of drug-likeness (QED) is 0.644. The number of H-pyrrole nitrogens is 1. The summed E-state index contributed by atoms with van der Waals surface area (Å²) in [5, 5.41) is 14.4. The van der Waals surface area contributed by atoms with E-state index in [9.17, 15) is 9.90 Å². The Hall–Kier alpha value is -2.94. The number of nitrogen functional groups attached to an aromatic ring is 1. The molecule has 1 fully saturated rings. The first-order chi connectivity index (χ1) is 11.1. The summed E-state index contributed by atoms with van der Waals surface area (Å²) in [4.78, 5) is 22.4. The molecule has 23 heavy (non-hydrogen) atoms. The van der Waals surface area contributed by atoms with Gasteiger partial charge in [0.25, 0.3) is 5.88 Å². The van der Waals surface area contributed by atoms with E-state index >= 15 is 0 Å². The van der Waals surface area contributed by atoms with Crippen LogP contribution in [0.25, 0.3) is 11.0 Å². The number of fused-ring (bicyclic) bond motifs is 1. The Morgan fingerprint density at radius 3 is 2.96 bits per heavy atom. The summed E-state index contributed by atoms with van der Waals surface area (Å²) in [5.41, 5.74) is 6.29. The van der Waals surface area contributed by atoms with Gasteiger partial charge in [-0.25, -0.2) is 14.6 Å². The second-order valence-corrected chi connectivity index (χ2v) is 5.48. The van der Waals surface area contributed by atoms with Crippen LogP contribution in [-0.4, -0.2) is 35.9 Å². The number of hydrogen-bond donors (Lipinski definition) is 3. The maximum absolute atomic E-state index is 11.4. The third kappa shape index (κ3) is 2.30. The van der Waals surface area contributed by atoms with E-state index in [0.29, 0.717) is 23.9 Å². The highest BCUT2D eigenvalue weighted by molar-refractivity contribution is 5.90. The lowest BCUT2D eigenvalue weighted by Crippen LogP contribution is -2.31. The van der Waals surface area contributed by atoms with Crippen LogP contribution in [-0.2, 0) is 0 Å². The van der Waals surface area contributed by atoms with Crippen LogP contribution in [0.5, 0.6) is 11.8 Å². The van der Waals surface area contributed by atoms with Gasteiger partial charge in [-0.3, -0.25) is 4.79 Å². The summed E-state index contributed by atoms with van der Waals surface area (Å²) in [6, 6.07) is 2.74. The maximum atomic E-state index is 11.4. The minimum absolute atomic E-state index is 0.0361. The number of nitrogens with one attached hydrogen (secondary N) is 1. The van der Waals surface area contributed by atoms with Gasteiger partial charge >= 0.3 is 0 Å². The minimum Gasteiger partial charge on any atom is -0.420 e. The summed E-state index contributed by atoms with van der Waals surface area (Å²) in [5.74, 6) is 0.719. The average molecular weight is 314 g/mol. The first kappa shape index (κ1) is 13.7. The van der Waals surface area contributed by atoms with E-state index in [-0.39, 0.29) is 35.2 Å². The molecular weight excluding hydrogens is 300 g/mol. The monoisotopic (exact) mass is 314 g/mol. The first-order valence-electron chi connectivity index (χ1n) is 7.15. The highest BCUT2D eigenvalue weighted by Gasteiger charge is 2.32. The number of ether oxygens (including phenoxy) is 1. The molecule has 1 saturated carbocycles. The fraction of sp³-hybridized carbons (Fsp3) is 0.286. The van der Waals surface area contributed by atoms with Gasteiger partial charge in [-0.1, -0.05) is 0 Å². The van der Waals surface area contributed by atoms with Crippen molar-refractivity contribution in [2.24, 2.45) is 0 Å². The molecule has 0 saturated heterocycles. The lowest BCUT2D eigenvalue weighted by Gasteiger charge is -2.31. The summed E-state index contributed by atoms with van der Waals surface area (Å²) in [6.07, 6.45) is 3.72. The largest absolute Gasteiger partial charge is 0.420 e. The van der Waals surface area contributed by atoms with E-state index < -0.39 is 0 Å². The number of aromatic nitrogens is 5. The Labute approximate surface area is 129 Å². The average Bonchev–Trinajstić information content (AvgIpc) is 2.84. The topological polar surface area (TPSA) is 132 Å². The molecule has 1 aliphatic rings. The van der Waals surface area contributed by atoms with Crippen molar-refractivity contribution in [2.75, 3.05) is 5.73 Å². The molecule has 9 nitrogen and oxygen atoms in total. The highest BCUT2D eigenvalue weighted by Crippen LogP contribution is 2.38. The number of aliphatic hydroxyl groups is 1. The summed E-state index contributed by atoms with van der Waals surface area (Å²) >= 11 is 0. The van der Waals surface area contributed by atoms with Crippen molar-refractivity contribution in [3.8, 4) is 11.8 Å². The second kappa shape index (κ2) is 5.06. The summed E-state index contributed by atoms with van der Waals surface area (Å²) in [6.45, 7) is 0. The van der Waals surface area contributed by atoms with Crippen molar-refractivity contribution in [3.05, 3.63) is 34.9 Å². The highest BCUT2D eigenvalue weighted by atomic mass is 16.5. The molecule has 0 radical (unpaired) electrons. The Bertz CT molecular complexity index is 928. The fourth-order valence-corrected chi connectivity index (χ4v) is 2.64. The zero-order valence-corrected chi connectivity index (χ0v) is 12.0. The van der Waals surface area contributed by atoms with Crippen molar-refractivity contribution < 1.29 is 9.84 Å². The van der Waals surface area contributed by atoms with Crippen molar-refractivity contribution in [3.63, 3.8) is 0 Å². The van der Waals surface area contributed by atoms with Crippen molar-refractivity contribution >= 4 is 16.9 Å². The van der Waals surface area contributed by atoms with E-state index in [1.807, 2.05) is 0 Å². The third-order valence-electron chi connectivity index (χ3n) is 3.87. The van der Waals surface area contributed by atoms with E-state index in [1.54, 1.807) is 4.68 Å². The molecule has 118 valence electrons. The number of aromatic amines is 1. The van der Waals surface area contributed by atoms with Crippen LogP contribution in [0.1, 0.15) is 18.9 Å². The molecule has 3 aromatic rings. The van der Waals surface area contributed by atoms with Gasteiger partial charge < -0.3 is 20.6 Å². The van der Waals surface area contributed by atoms with Crippen molar-refractivity contribution in [2.45, 2.75) is 25.0 Å². The Morgan fingerprint density at radius 2 is 2.22 bits per heavy atom. The molecule has 0 aromatic carbocycles. The smallest absolute Gasteiger partial charge is 0.253 e. The van der Waals surface area contributed by atoms with Gasteiger partial charge in [-0.2, -0.15) is 0 Å². The Kier molecular flexibility index (Phi) is 3.01. The maximum Gasteiger partial charge on any atom is 0.253 e. The second-order valence-electron chi connectivity index (χ2n) is 5.48. The zero-order chi connectivity index (χ0) is 16.0. The predicted molar refractivity (Wildman–Crippen MR) is 81.1 cm³/mol. The SMILES string of the molecule is Nc1ncnc2c1c(Oc1cc(=O)cc[nH]1)nn2C1CC(O)C1. The Morgan fingerprint density at radius 1 is 1.39 bits per heavy atom. The molecule has 3 heterocycles. The van der Waals surface area contributed by atoms with Gasteiger partial charge in [-0.05, 0) is 12.8 Å². The van der Waals surface area contributed by atoms with Gasteiger partial charge in [0.05, 0.1) is 12.1 Å². The summed E-state index contributed by atoms with van der Waals surface area (Å²) < 4.78 is 7.36. The van der Waals surface area contributed by atoms with Gasteiger partial charge in [0, 0.05) is 18.3 Å². The molecule has 0 amide bonds. The summed E-state index contributed by atoms with van der Waals surface area (Å²) in [7, 11) is 0. The lowest BCUT2D eigenvalue weighted by atomic mass is 9.90. The third-order valence-corrected chi connectivity index (χ3v) is 3.87. The van der Waals surface area contributed by atoms with Crippen LogP contribution in [0.2, 0.25) is 0 Å². The number of hydrogen-bond acceptors (Lipinski definition) is 7. The molecular formula is C14H14N6O3. The van der Waals surface area contributed by atoms with E-state index in [4.69, 9.17) is 10.5 Å². The number of pyridine rings is 1. The number of aliphatic hydroxyl groups excluding tert-OH is 1. The van der Waals surface area contributed by atoms with Crippen LogP contribution >= 0.6 is 0 Å². The molecule has 4 N–H and O–H groups in total. The van der Waals surface area contributed by atoms with Crippen molar-refractivity contribution in [1.82, 2.24) is 24.7 Å². The van der Waals surface area contributed by atoms with Gasteiger partial charge in [-0.15, -0.1) is 5.10 Å². The molecule has 0 unspecified atom stereocenters. The minimum atomic E-state index is -0.326. The van der Waals surface area contributed by atoms with Crippen LogP contribution < -0.4 is 15.9 Å². The lowest BCUT2D eigenvalue weighted by molar-refractivity contribution is 0.0446. The number of nitrogens with two attached hydrogens (primary N) is 1. The molecule has 0 atom stereocenters. The van der Waals surface area contributed by atoms with E-state index in [1.165, 1.54) is 24.7 Å². The van der Waals surface area contributed by atoms with Crippen molar-refractivity contribution in [1.29, 1.82) is 0 Å².